The molecule has 1 saturated carbocycles. The molecule has 2 amide bonds. The van der Waals surface area contributed by atoms with Crippen molar-refractivity contribution in [3.8, 4) is 0 Å². The van der Waals surface area contributed by atoms with Crippen LogP contribution in [0.4, 0.5) is 0 Å². The smallest absolute Gasteiger partial charge is 0.243 e. The van der Waals surface area contributed by atoms with E-state index in [2.05, 4.69) is 17.4 Å². The first-order valence-electron chi connectivity index (χ1n) is 10.9. The summed E-state index contributed by atoms with van der Waals surface area (Å²) < 4.78 is 0. The van der Waals surface area contributed by atoms with Crippen molar-refractivity contribution >= 4 is 23.6 Å². The molecule has 0 unspecified atom stereocenters. The SMILES string of the molecule is CC[C@@H](C(=O)NC1CCCC1)N(Cc1ccccc1)C(=O)CSCc1ccccc1. The Labute approximate surface area is 184 Å². The maximum absolute atomic E-state index is 13.2. The molecule has 0 radical (unpaired) electrons. The molecule has 1 fully saturated rings. The lowest BCUT2D eigenvalue weighted by Crippen LogP contribution is -2.51. The molecular weight excluding hydrogens is 392 g/mol. The number of thioether (sulfide) groups is 1. The van der Waals surface area contributed by atoms with Crippen LogP contribution in [-0.4, -0.2) is 34.6 Å². The molecule has 0 aliphatic heterocycles. The van der Waals surface area contributed by atoms with E-state index in [4.69, 9.17) is 0 Å². The normalized spacial score (nSPS) is 15.0. The van der Waals surface area contributed by atoms with Gasteiger partial charge >= 0.3 is 0 Å². The van der Waals surface area contributed by atoms with E-state index in [0.29, 0.717) is 18.7 Å². The highest BCUT2D eigenvalue weighted by Gasteiger charge is 2.30. The highest BCUT2D eigenvalue weighted by Crippen LogP contribution is 2.20. The monoisotopic (exact) mass is 424 g/mol. The van der Waals surface area contributed by atoms with E-state index >= 15 is 0 Å². The maximum atomic E-state index is 13.2. The number of carbonyl (C=O) groups excluding carboxylic acids is 2. The second-order valence-electron chi connectivity index (χ2n) is 7.90. The standard InChI is InChI=1S/C25H32N2O2S/c1-2-23(25(29)26-22-15-9-10-16-22)27(17-20-11-5-3-6-12-20)24(28)19-30-18-21-13-7-4-8-14-21/h3-8,11-14,22-23H,2,9-10,15-19H2,1H3,(H,26,29)/t23-/m0/s1. The molecule has 0 heterocycles. The topological polar surface area (TPSA) is 49.4 Å². The lowest BCUT2D eigenvalue weighted by atomic mass is 10.1. The summed E-state index contributed by atoms with van der Waals surface area (Å²) in [5.41, 5.74) is 2.25. The Hall–Kier alpha value is -2.27. The van der Waals surface area contributed by atoms with Crippen molar-refractivity contribution in [2.24, 2.45) is 0 Å². The van der Waals surface area contributed by atoms with Crippen LogP contribution in [0.15, 0.2) is 60.7 Å². The first-order valence-corrected chi connectivity index (χ1v) is 12.1. The zero-order valence-corrected chi connectivity index (χ0v) is 18.6. The van der Waals surface area contributed by atoms with Crippen molar-refractivity contribution in [1.29, 1.82) is 0 Å². The van der Waals surface area contributed by atoms with E-state index in [0.717, 1.165) is 24.2 Å². The van der Waals surface area contributed by atoms with Crippen molar-refractivity contribution in [3.05, 3.63) is 71.8 Å². The van der Waals surface area contributed by atoms with E-state index in [-0.39, 0.29) is 17.9 Å². The van der Waals surface area contributed by atoms with Crippen molar-refractivity contribution in [2.75, 3.05) is 5.75 Å². The van der Waals surface area contributed by atoms with Gasteiger partial charge in [-0.25, -0.2) is 0 Å². The van der Waals surface area contributed by atoms with Crippen LogP contribution in [0.25, 0.3) is 0 Å². The molecule has 1 atom stereocenters. The third-order valence-electron chi connectivity index (χ3n) is 5.62. The van der Waals surface area contributed by atoms with Gasteiger partial charge in [0.05, 0.1) is 5.75 Å². The second kappa shape index (κ2) is 11.8. The van der Waals surface area contributed by atoms with Gasteiger partial charge in [0.15, 0.2) is 0 Å². The summed E-state index contributed by atoms with van der Waals surface area (Å²) in [5.74, 6) is 1.17. The number of rotatable bonds is 10. The molecule has 160 valence electrons. The lowest BCUT2D eigenvalue weighted by Gasteiger charge is -2.31. The third kappa shape index (κ3) is 6.63. The van der Waals surface area contributed by atoms with Crippen LogP contribution in [0.5, 0.6) is 0 Å². The first-order chi connectivity index (χ1) is 14.7. The minimum atomic E-state index is -0.435. The van der Waals surface area contributed by atoms with Gasteiger partial charge in [-0.05, 0) is 30.4 Å². The van der Waals surface area contributed by atoms with E-state index in [9.17, 15) is 9.59 Å². The number of amides is 2. The van der Waals surface area contributed by atoms with Gasteiger partial charge < -0.3 is 10.2 Å². The Balaban J connectivity index is 1.67. The average molecular weight is 425 g/mol. The number of hydrogen-bond donors (Lipinski definition) is 1. The summed E-state index contributed by atoms with van der Waals surface area (Å²) >= 11 is 1.60. The quantitative estimate of drug-likeness (QED) is 0.597. The Morgan fingerprint density at radius 2 is 1.60 bits per heavy atom. The Kier molecular flexibility index (Phi) is 8.81. The summed E-state index contributed by atoms with van der Waals surface area (Å²) in [5, 5.41) is 3.19. The molecule has 0 saturated heterocycles. The van der Waals surface area contributed by atoms with Crippen LogP contribution in [0.1, 0.15) is 50.2 Å². The summed E-state index contributed by atoms with van der Waals surface area (Å²) in [7, 11) is 0. The van der Waals surface area contributed by atoms with E-state index in [1.165, 1.54) is 18.4 Å². The fraction of sp³-hybridized carbons (Fsp3) is 0.440. The van der Waals surface area contributed by atoms with Gasteiger partial charge in [-0.15, -0.1) is 11.8 Å². The maximum Gasteiger partial charge on any atom is 0.243 e. The van der Waals surface area contributed by atoms with Crippen LogP contribution in [-0.2, 0) is 21.9 Å². The predicted octanol–water partition coefficient (Wildman–Crippen LogP) is 4.79. The average Bonchev–Trinajstić information content (AvgIpc) is 3.28. The molecule has 3 rings (SSSR count). The van der Waals surface area contributed by atoms with Gasteiger partial charge in [0, 0.05) is 18.3 Å². The molecule has 1 aliphatic rings. The number of nitrogens with zero attached hydrogens (tertiary/aromatic N) is 1. The minimum Gasteiger partial charge on any atom is -0.352 e. The predicted molar refractivity (Wildman–Crippen MR) is 124 cm³/mol. The molecule has 4 nitrogen and oxygen atoms in total. The molecule has 0 aromatic heterocycles. The summed E-state index contributed by atoms with van der Waals surface area (Å²) in [4.78, 5) is 28.0. The highest BCUT2D eigenvalue weighted by molar-refractivity contribution is 7.99. The lowest BCUT2D eigenvalue weighted by molar-refractivity contribution is -0.139. The summed E-state index contributed by atoms with van der Waals surface area (Å²) in [6, 6.07) is 19.9. The fourth-order valence-electron chi connectivity index (χ4n) is 3.98. The van der Waals surface area contributed by atoms with Gasteiger partial charge in [0.25, 0.3) is 0 Å². The first kappa shape index (κ1) is 22.4. The molecule has 1 N–H and O–H groups in total. The summed E-state index contributed by atoms with van der Waals surface area (Å²) in [6.07, 6.45) is 5.04. The molecule has 0 bridgehead atoms. The van der Waals surface area contributed by atoms with Gasteiger partial charge in [0.1, 0.15) is 6.04 Å². The number of hydrogen-bond acceptors (Lipinski definition) is 3. The summed E-state index contributed by atoms with van der Waals surface area (Å²) in [6.45, 7) is 2.45. The molecule has 5 heteroatoms. The molecular formula is C25H32N2O2S. The second-order valence-corrected chi connectivity index (χ2v) is 8.89. The minimum absolute atomic E-state index is 0.0123. The van der Waals surface area contributed by atoms with E-state index in [1.807, 2.05) is 55.5 Å². The number of nitrogens with one attached hydrogen (secondary N) is 1. The molecule has 1 aliphatic carbocycles. The van der Waals surface area contributed by atoms with Gasteiger partial charge in [-0.1, -0.05) is 80.4 Å². The van der Waals surface area contributed by atoms with Gasteiger partial charge in [-0.3, -0.25) is 9.59 Å². The van der Waals surface area contributed by atoms with Crippen LogP contribution >= 0.6 is 11.8 Å². The molecule has 0 spiro atoms. The number of benzene rings is 2. The van der Waals surface area contributed by atoms with E-state index in [1.54, 1.807) is 16.7 Å². The van der Waals surface area contributed by atoms with Crippen LogP contribution < -0.4 is 5.32 Å². The Morgan fingerprint density at radius 3 is 2.20 bits per heavy atom. The van der Waals surface area contributed by atoms with Crippen LogP contribution in [0.2, 0.25) is 0 Å². The highest BCUT2D eigenvalue weighted by atomic mass is 32.2. The zero-order valence-electron chi connectivity index (χ0n) is 17.8. The Morgan fingerprint density at radius 1 is 1.00 bits per heavy atom. The fourth-order valence-corrected chi connectivity index (χ4v) is 4.85. The molecule has 30 heavy (non-hydrogen) atoms. The van der Waals surface area contributed by atoms with Crippen molar-refractivity contribution in [3.63, 3.8) is 0 Å². The Bertz CT molecular complexity index is 791. The zero-order chi connectivity index (χ0) is 21.2. The van der Waals surface area contributed by atoms with Crippen molar-refractivity contribution in [2.45, 2.75) is 63.4 Å². The van der Waals surface area contributed by atoms with Crippen molar-refractivity contribution < 1.29 is 9.59 Å². The van der Waals surface area contributed by atoms with Crippen molar-refractivity contribution in [1.82, 2.24) is 10.2 Å². The van der Waals surface area contributed by atoms with Crippen LogP contribution in [0.3, 0.4) is 0 Å². The van der Waals surface area contributed by atoms with Gasteiger partial charge in [-0.2, -0.15) is 0 Å². The molecule has 2 aromatic carbocycles. The van der Waals surface area contributed by atoms with E-state index < -0.39 is 6.04 Å². The number of carbonyl (C=O) groups is 2. The largest absolute Gasteiger partial charge is 0.352 e. The molecule has 2 aromatic rings. The van der Waals surface area contributed by atoms with Crippen LogP contribution in [0, 0.1) is 0 Å². The third-order valence-corrected chi connectivity index (χ3v) is 6.61. The van der Waals surface area contributed by atoms with Gasteiger partial charge in [0.2, 0.25) is 11.8 Å².